The molecule has 8 nitrogen and oxygen atoms in total. The Labute approximate surface area is 687 Å². The van der Waals surface area contributed by atoms with E-state index in [1.165, 1.54) is 89.2 Å². The second-order valence-electron chi connectivity index (χ2n) is 21.7. The van der Waals surface area contributed by atoms with Gasteiger partial charge in [0.2, 0.25) is 0 Å². The predicted molar refractivity (Wildman–Crippen MR) is 388 cm³/mol. The van der Waals surface area contributed by atoms with Crippen LogP contribution in [0.1, 0.15) is 131 Å². The molecule has 0 amide bonds. The average Bonchev–Trinajstić information content (AvgIpc) is 0.733. The van der Waals surface area contributed by atoms with Crippen LogP contribution in [0.5, 0.6) is 0 Å². The van der Waals surface area contributed by atoms with Crippen LogP contribution in [0.25, 0.3) is 43.1 Å². The van der Waals surface area contributed by atoms with Crippen LogP contribution < -0.4 is 124 Å². The Morgan fingerprint density at radius 3 is 0.934 bits per heavy atom. The molecule has 0 fully saturated rings. The minimum Gasteiger partial charge on any atom is -1.51 e. The number of aliphatic hydroxyl groups is 2. The first-order valence-corrected chi connectivity index (χ1v) is 32.3. The van der Waals surface area contributed by atoms with Gasteiger partial charge in [-0.25, -0.2) is 0 Å². The summed E-state index contributed by atoms with van der Waals surface area (Å²) in [6.07, 6.45) is 0. The predicted octanol–water partition coefficient (Wildman–Crippen LogP) is 10.1. The van der Waals surface area contributed by atoms with Gasteiger partial charge in [0.25, 0.3) is 0 Å². The normalized spacial score (nSPS) is 14.0. The number of carbonyl (C=O) groups excluding carboxylic acids is 2. The third-order valence-corrected chi connectivity index (χ3v) is 17.5. The largest absolute Gasteiger partial charge is 1.51 e. The summed E-state index contributed by atoms with van der Waals surface area (Å²) in [5, 5.41) is 48.1. The molecule has 10 aromatic rings. The van der Waals surface area contributed by atoms with Gasteiger partial charge >= 0.3 is 124 Å². The van der Waals surface area contributed by atoms with Gasteiger partial charge in [-0.3, -0.25) is 9.59 Å². The number of ketones is 2. The van der Waals surface area contributed by atoms with Gasteiger partial charge < -0.3 is 61.5 Å². The van der Waals surface area contributed by atoms with E-state index in [9.17, 15) is 19.8 Å². The molecule has 2 unspecified atom stereocenters. The second-order valence-corrected chi connectivity index (χ2v) is 27.4. The van der Waals surface area contributed by atoms with Crippen LogP contribution in [-0.4, -0.2) is 38.9 Å². The van der Waals surface area contributed by atoms with E-state index in [2.05, 4.69) is 231 Å². The SMILES string of the molecule is C.CB(O)O.CC1(O)c2ccc(Br)cc2C(C)(O)c2ccc(Br)cc21.C[C-](C)C.Cc1c2ccc(Br)cc2c(C)c2ccc(Br)cc12.Cc1ccc2c(C)c3cc(C)ccc3c(C)c2c1.O=C1c2ccc(Br)cc2C(=O)c2ccc(Br)cc21.O=[P+]=O.[H-].[I-].[K+].[Li+].[Na+].[PH-2]. The Balaban J connectivity index is 0. The maximum absolute atomic E-state index is 12.3. The van der Waals surface area contributed by atoms with Gasteiger partial charge in [0, 0.05) is 49.1 Å². The van der Waals surface area contributed by atoms with E-state index in [0.717, 1.165) is 49.1 Å². The summed E-state index contributed by atoms with van der Waals surface area (Å²) in [6.45, 7) is 24.2. The van der Waals surface area contributed by atoms with Crippen LogP contribution in [0, 0.1) is 47.5 Å². The fourth-order valence-corrected chi connectivity index (χ4v) is 12.7. The summed E-state index contributed by atoms with van der Waals surface area (Å²) in [7, 11) is -2.25. The van der Waals surface area contributed by atoms with Crippen molar-refractivity contribution in [1.82, 2.24) is 0 Å². The fourth-order valence-electron chi connectivity index (χ4n) is 10.6. The van der Waals surface area contributed by atoms with E-state index in [1.54, 1.807) is 50.2 Å². The van der Waals surface area contributed by atoms with Crippen molar-refractivity contribution in [2.45, 2.75) is 102 Å². The topological polar surface area (TPSA) is 149 Å². The standard InChI is InChI=1S/C18H18.C16H14Br2O2.C16H12Br2.C14H6Br2O2.C4H9.CH5BO2.CH4.HI.K.Li.Na.O2P.HP.H/c1-11-5-7-15-14(4)18-10-12(2)6-8-16(18)13(3)17(15)9-11;1-15(19)11-5-3-10(18)8-14(11)16(2,20)12-6-4-9(17)7-13(12)15;1-9-13-5-3-12(18)8-16(13)10(2)14-6-4-11(17)7-15(9)14;15-7-1-3-9-11(5-7)14(18)10-4-2-8(16)6-12(10)13(9)17;1-4(2)3;1-2(3)4;;;;;;1-3-2;;/h5-10H,1-4H3;3-8,19-20H,1-2H3;3-8H,1-2H3;1-6H;1-3H3;3-4H,1H3;1H4;1H;;;;;1H;/q;;;;-1;;;;4*+1;-2;-1/p-1. The molecule has 21 heteroatoms. The molecule has 2 aliphatic carbocycles. The zero-order valence-electron chi connectivity index (χ0n) is 53.9. The van der Waals surface area contributed by atoms with Crippen molar-refractivity contribution in [2.24, 2.45) is 0 Å². The summed E-state index contributed by atoms with van der Waals surface area (Å²) in [6, 6.07) is 48.1. The summed E-state index contributed by atoms with van der Waals surface area (Å²) in [5.74, 6) is 1.21. The van der Waals surface area contributed by atoms with Crippen molar-refractivity contribution in [3.8, 4) is 0 Å². The maximum Gasteiger partial charge on any atom is 1.00 e. The van der Waals surface area contributed by atoms with Crippen LogP contribution in [-0.2, 0) is 20.3 Å². The first-order chi connectivity index (χ1) is 39.8. The summed E-state index contributed by atoms with van der Waals surface area (Å²) < 4.78 is 22.3. The van der Waals surface area contributed by atoms with Crippen molar-refractivity contribution >= 4 is 176 Å². The minimum absolute atomic E-state index is 0. The van der Waals surface area contributed by atoms with Crippen LogP contribution >= 0.6 is 114 Å². The fraction of sp³-hybridized carbons (Fsp3) is 0.214. The van der Waals surface area contributed by atoms with Gasteiger partial charge in [-0.15, -0.1) is 0 Å². The molecule has 0 spiro atoms. The minimum atomic E-state index is -1.17. The molecular formula is C70H70BBr6IKLiNaO8P2-. The number of hydrogen-bond donors (Lipinski definition) is 4. The Kier molecular flexibility index (Phi) is 40.1. The smallest absolute Gasteiger partial charge is 1.00 e. The molecule has 12 rings (SSSR count). The van der Waals surface area contributed by atoms with E-state index in [4.69, 9.17) is 19.2 Å². The van der Waals surface area contributed by atoms with Crippen molar-refractivity contribution in [1.29, 1.82) is 0 Å². The average molecular weight is 1790 g/mol. The number of fused-ring (bicyclic) bond motifs is 8. The Morgan fingerprint density at radius 2 is 0.648 bits per heavy atom. The van der Waals surface area contributed by atoms with Gasteiger partial charge in [0.1, 0.15) is 11.2 Å². The molecule has 91 heavy (non-hydrogen) atoms. The molecule has 10 aromatic carbocycles. The number of aryl methyl sites for hydroxylation is 6. The molecule has 2 aliphatic rings. The van der Waals surface area contributed by atoms with Gasteiger partial charge in [0.05, 0.1) is 0 Å². The molecule has 0 aliphatic heterocycles. The molecule has 4 N–H and O–H groups in total. The van der Waals surface area contributed by atoms with Crippen LogP contribution in [0.15, 0.2) is 172 Å². The molecule has 0 radical (unpaired) electrons. The number of benzene rings is 10. The van der Waals surface area contributed by atoms with Crippen molar-refractivity contribution < 1.29 is 164 Å². The van der Waals surface area contributed by atoms with E-state index < -0.39 is 26.7 Å². The molecular weight excluding hydrogens is 1720 g/mol. The maximum atomic E-state index is 12.3. The third kappa shape index (κ3) is 22.4. The zero-order chi connectivity index (χ0) is 63.2. The van der Waals surface area contributed by atoms with Crippen LogP contribution in [0.2, 0.25) is 6.82 Å². The zero-order valence-corrected chi connectivity index (χ0v) is 71.6. The molecule has 0 aromatic heterocycles. The Bertz CT molecular complexity index is 3870. The van der Waals surface area contributed by atoms with Gasteiger partial charge in [0.15, 0.2) is 11.6 Å². The summed E-state index contributed by atoms with van der Waals surface area (Å²) in [4.78, 5) is 24.7. The van der Waals surface area contributed by atoms with Gasteiger partial charge in [-0.1, -0.05) is 175 Å². The third-order valence-electron chi connectivity index (χ3n) is 14.5. The van der Waals surface area contributed by atoms with E-state index in [0.29, 0.717) is 22.3 Å². The van der Waals surface area contributed by atoms with E-state index in [1.807, 2.05) is 36.4 Å². The van der Waals surface area contributed by atoms with Crippen molar-refractivity contribution in [2.75, 3.05) is 0 Å². The monoisotopic (exact) mass is 1780 g/mol. The number of rotatable bonds is 0. The first kappa shape index (κ1) is 90.8. The van der Waals surface area contributed by atoms with E-state index in [-0.39, 0.29) is 154 Å². The molecule has 0 bridgehead atoms. The van der Waals surface area contributed by atoms with Gasteiger partial charge in [-0.05, 0) is 235 Å². The number of halogens is 7. The molecule has 0 heterocycles. The van der Waals surface area contributed by atoms with Crippen LogP contribution in [0.3, 0.4) is 0 Å². The molecule has 0 saturated heterocycles. The first-order valence-electron chi connectivity index (χ1n) is 26.9. The van der Waals surface area contributed by atoms with Crippen molar-refractivity contribution in [3.63, 3.8) is 0 Å². The summed E-state index contributed by atoms with van der Waals surface area (Å²) in [5.41, 5.74) is 10.7. The molecule has 0 saturated carbocycles. The van der Waals surface area contributed by atoms with Crippen molar-refractivity contribution in [3.05, 3.63) is 256 Å². The van der Waals surface area contributed by atoms with Crippen LogP contribution in [0.4, 0.5) is 0 Å². The Morgan fingerprint density at radius 1 is 0.429 bits per heavy atom. The summed E-state index contributed by atoms with van der Waals surface area (Å²) >= 11 is 20.6. The Hall–Kier alpha value is -0.211. The van der Waals surface area contributed by atoms with E-state index >= 15 is 0 Å². The molecule has 464 valence electrons. The number of carbonyl (C=O) groups is 2. The van der Waals surface area contributed by atoms with Gasteiger partial charge in [-0.2, -0.15) is 20.8 Å². The quantitative estimate of drug-likeness (QED) is 0.0386. The molecule has 2 atom stereocenters. The second kappa shape index (κ2) is 40.1. The number of hydrogen-bond acceptors (Lipinski definition) is 8.